The van der Waals surface area contributed by atoms with Gasteiger partial charge in [0.15, 0.2) is 0 Å². The molecule has 106 valence electrons. The van der Waals surface area contributed by atoms with Crippen LogP contribution in [0.3, 0.4) is 0 Å². The number of hydrogen-bond acceptors (Lipinski definition) is 2. The van der Waals surface area contributed by atoms with Crippen LogP contribution in [0.2, 0.25) is 5.02 Å². The van der Waals surface area contributed by atoms with Gasteiger partial charge in [-0.15, -0.1) is 0 Å². The highest BCUT2D eigenvalue weighted by atomic mass is 35.5. The number of benzene rings is 2. The quantitative estimate of drug-likeness (QED) is 0.883. The standard InChI is InChI=1S/C16H17ClFNO/c1-2-15(19)13-5-3-4-6-16(13)20-10-11-7-8-12(17)9-14(11)18/h3-9,15H,2,10,19H2,1H3. The van der Waals surface area contributed by atoms with Gasteiger partial charge in [0.05, 0.1) is 0 Å². The first kappa shape index (κ1) is 14.8. The molecule has 2 aromatic rings. The first-order valence-corrected chi connectivity index (χ1v) is 6.91. The molecule has 2 N–H and O–H groups in total. The molecule has 4 heteroatoms. The molecule has 0 fully saturated rings. The lowest BCUT2D eigenvalue weighted by Gasteiger charge is -2.15. The van der Waals surface area contributed by atoms with E-state index >= 15 is 0 Å². The van der Waals surface area contributed by atoms with E-state index in [1.165, 1.54) is 6.07 Å². The second-order valence-electron chi connectivity index (χ2n) is 4.58. The van der Waals surface area contributed by atoms with E-state index in [4.69, 9.17) is 22.1 Å². The van der Waals surface area contributed by atoms with E-state index in [0.29, 0.717) is 16.3 Å². The predicted molar refractivity (Wildman–Crippen MR) is 79.4 cm³/mol. The Labute approximate surface area is 123 Å². The van der Waals surface area contributed by atoms with E-state index in [1.807, 2.05) is 31.2 Å². The van der Waals surface area contributed by atoms with Crippen molar-refractivity contribution in [3.63, 3.8) is 0 Å². The van der Waals surface area contributed by atoms with Gasteiger partial charge in [0.25, 0.3) is 0 Å². The molecule has 0 heterocycles. The molecule has 0 saturated heterocycles. The lowest BCUT2D eigenvalue weighted by molar-refractivity contribution is 0.294. The lowest BCUT2D eigenvalue weighted by atomic mass is 10.0. The van der Waals surface area contributed by atoms with Crippen LogP contribution in [0.5, 0.6) is 5.75 Å². The molecule has 1 atom stereocenters. The van der Waals surface area contributed by atoms with Gasteiger partial charge in [-0.25, -0.2) is 4.39 Å². The Balaban J connectivity index is 2.15. The van der Waals surface area contributed by atoms with Gasteiger partial charge in [0, 0.05) is 22.2 Å². The maximum atomic E-state index is 13.7. The number of ether oxygens (including phenoxy) is 1. The summed E-state index contributed by atoms with van der Waals surface area (Å²) < 4.78 is 19.4. The number of rotatable bonds is 5. The van der Waals surface area contributed by atoms with E-state index in [1.54, 1.807) is 12.1 Å². The van der Waals surface area contributed by atoms with Gasteiger partial charge in [0.2, 0.25) is 0 Å². The van der Waals surface area contributed by atoms with Crippen LogP contribution >= 0.6 is 11.6 Å². The van der Waals surface area contributed by atoms with Crippen LogP contribution in [-0.2, 0) is 6.61 Å². The van der Waals surface area contributed by atoms with E-state index < -0.39 is 0 Å². The highest BCUT2D eigenvalue weighted by molar-refractivity contribution is 6.30. The summed E-state index contributed by atoms with van der Waals surface area (Å²) in [7, 11) is 0. The van der Waals surface area contributed by atoms with Crippen molar-refractivity contribution in [2.24, 2.45) is 5.73 Å². The van der Waals surface area contributed by atoms with E-state index in [-0.39, 0.29) is 18.5 Å². The van der Waals surface area contributed by atoms with Crippen LogP contribution in [0.25, 0.3) is 0 Å². The van der Waals surface area contributed by atoms with Crippen LogP contribution in [0.4, 0.5) is 4.39 Å². The highest BCUT2D eigenvalue weighted by Crippen LogP contribution is 2.26. The van der Waals surface area contributed by atoms with Crippen LogP contribution in [-0.4, -0.2) is 0 Å². The van der Waals surface area contributed by atoms with Crippen molar-refractivity contribution < 1.29 is 9.13 Å². The zero-order valence-corrected chi connectivity index (χ0v) is 12.0. The minimum Gasteiger partial charge on any atom is -0.488 e. The molecule has 20 heavy (non-hydrogen) atoms. The normalized spacial score (nSPS) is 12.2. The average Bonchev–Trinajstić information content (AvgIpc) is 2.46. The van der Waals surface area contributed by atoms with Crippen molar-refractivity contribution >= 4 is 11.6 Å². The van der Waals surface area contributed by atoms with Gasteiger partial charge < -0.3 is 10.5 Å². The third-order valence-corrected chi connectivity index (χ3v) is 3.39. The van der Waals surface area contributed by atoms with Gasteiger partial charge in [0.1, 0.15) is 18.2 Å². The minimum absolute atomic E-state index is 0.0822. The molecule has 0 aromatic heterocycles. The lowest BCUT2D eigenvalue weighted by Crippen LogP contribution is -2.11. The summed E-state index contributed by atoms with van der Waals surface area (Å²) in [6.45, 7) is 2.16. The Bertz CT molecular complexity index is 588. The van der Waals surface area contributed by atoms with Gasteiger partial charge >= 0.3 is 0 Å². The first-order chi connectivity index (χ1) is 9.61. The first-order valence-electron chi connectivity index (χ1n) is 6.53. The molecule has 2 rings (SSSR count). The molecule has 0 radical (unpaired) electrons. The fourth-order valence-electron chi connectivity index (χ4n) is 1.93. The fraction of sp³-hybridized carbons (Fsp3) is 0.250. The minimum atomic E-state index is -0.366. The van der Waals surface area contributed by atoms with Crippen molar-refractivity contribution in [3.8, 4) is 5.75 Å². The van der Waals surface area contributed by atoms with E-state index in [0.717, 1.165) is 12.0 Å². The van der Waals surface area contributed by atoms with E-state index in [9.17, 15) is 4.39 Å². The van der Waals surface area contributed by atoms with Crippen molar-refractivity contribution in [3.05, 3.63) is 64.4 Å². The van der Waals surface area contributed by atoms with E-state index in [2.05, 4.69) is 0 Å². The Hall–Kier alpha value is -1.58. The summed E-state index contributed by atoms with van der Waals surface area (Å²) in [4.78, 5) is 0. The highest BCUT2D eigenvalue weighted by Gasteiger charge is 2.11. The molecule has 0 aliphatic heterocycles. The topological polar surface area (TPSA) is 35.2 Å². The molecular weight excluding hydrogens is 277 g/mol. The van der Waals surface area contributed by atoms with Crippen molar-refractivity contribution in [2.75, 3.05) is 0 Å². The Morgan fingerprint density at radius 2 is 2.00 bits per heavy atom. The molecule has 0 aliphatic rings. The Morgan fingerprint density at radius 1 is 1.25 bits per heavy atom. The van der Waals surface area contributed by atoms with Crippen molar-refractivity contribution in [1.82, 2.24) is 0 Å². The van der Waals surface area contributed by atoms with Crippen molar-refractivity contribution in [1.29, 1.82) is 0 Å². The molecule has 0 spiro atoms. The molecule has 1 unspecified atom stereocenters. The number of nitrogens with two attached hydrogens (primary N) is 1. The van der Waals surface area contributed by atoms with Gasteiger partial charge in [-0.1, -0.05) is 42.8 Å². The van der Waals surface area contributed by atoms with Crippen LogP contribution in [0, 0.1) is 5.82 Å². The van der Waals surface area contributed by atoms with Gasteiger partial charge in [-0.05, 0) is 24.6 Å². The maximum absolute atomic E-state index is 13.7. The Morgan fingerprint density at radius 3 is 2.70 bits per heavy atom. The molecule has 0 bridgehead atoms. The number of halogens is 2. The summed E-state index contributed by atoms with van der Waals surface area (Å²) in [5.41, 5.74) is 7.44. The largest absolute Gasteiger partial charge is 0.488 e. The predicted octanol–water partition coefficient (Wildman–Crippen LogP) is 4.47. The summed E-state index contributed by atoms with van der Waals surface area (Å²) >= 11 is 5.72. The van der Waals surface area contributed by atoms with Crippen LogP contribution in [0.1, 0.15) is 30.5 Å². The summed E-state index contributed by atoms with van der Waals surface area (Å²) in [6, 6.07) is 12.0. The summed E-state index contributed by atoms with van der Waals surface area (Å²) in [5.74, 6) is 0.325. The summed E-state index contributed by atoms with van der Waals surface area (Å²) in [5, 5.41) is 0.375. The van der Waals surface area contributed by atoms with Crippen LogP contribution < -0.4 is 10.5 Å². The zero-order valence-electron chi connectivity index (χ0n) is 11.3. The Kier molecular flexibility index (Phi) is 4.99. The van der Waals surface area contributed by atoms with Gasteiger partial charge in [-0.3, -0.25) is 0 Å². The van der Waals surface area contributed by atoms with Crippen LogP contribution in [0.15, 0.2) is 42.5 Å². The second kappa shape index (κ2) is 6.73. The molecule has 0 saturated carbocycles. The maximum Gasteiger partial charge on any atom is 0.131 e. The smallest absolute Gasteiger partial charge is 0.131 e. The third-order valence-electron chi connectivity index (χ3n) is 3.16. The molecule has 2 aromatic carbocycles. The zero-order chi connectivity index (χ0) is 14.5. The van der Waals surface area contributed by atoms with Crippen molar-refractivity contribution in [2.45, 2.75) is 26.0 Å². The molecule has 0 amide bonds. The molecule has 2 nitrogen and oxygen atoms in total. The number of hydrogen-bond donors (Lipinski definition) is 1. The molecular formula is C16H17ClFNO. The summed E-state index contributed by atoms with van der Waals surface area (Å²) in [6.07, 6.45) is 0.815. The molecule has 0 aliphatic carbocycles. The van der Waals surface area contributed by atoms with Gasteiger partial charge in [-0.2, -0.15) is 0 Å². The monoisotopic (exact) mass is 293 g/mol. The average molecular weight is 294 g/mol. The SMILES string of the molecule is CCC(N)c1ccccc1OCc1ccc(Cl)cc1F. The fourth-order valence-corrected chi connectivity index (χ4v) is 2.09. The third kappa shape index (κ3) is 3.50. The number of para-hydroxylation sites is 1. The second-order valence-corrected chi connectivity index (χ2v) is 5.01.